The third kappa shape index (κ3) is 6.22. The van der Waals surface area contributed by atoms with Crippen molar-refractivity contribution < 1.29 is 4.74 Å². The molecule has 17 heavy (non-hydrogen) atoms. The van der Waals surface area contributed by atoms with Crippen molar-refractivity contribution in [1.82, 2.24) is 9.97 Å². The molecule has 1 rings (SSSR count). The number of hydrogen-bond donors (Lipinski definition) is 1. The first-order chi connectivity index (χ1) is 8.08. The highest BCUT2D eigenvalue weighted by Gasteiger charge is 1.98. The lowest BCUT2D eigenvalue weighted by molar-refractivity contribution is 0.0765. The Balaban J connectivity index is 2.18. The number of nitrogens with zero attached hydrogens (tertiary/aromatic N) is 2. The van der Waals surface area contributed by atoms with Gasteiger partial charge in [-0.1, -0.05) is 0 Å². The lowest BCUT2D eigenvalue weighted by Crippen LogP contribution is -2.09. The molecule has 0 fully saturated rings. The molecule has 1 aromatic rings. The Kier molecular flexibility index (Phi) is 5.91. The monoisotopic (exact) mass is 237 g/mol. The quantitative estimate of drug-likeness (QED) is 0.741. The van der Waals surface area contributed by atoms with Crippen LogP contribution in [0.1, 0.15) is 38.1 Å². The molecule has 0 aliphatic heterocycles. The van der Waals surface area contributed by atoms with Crippen LogP contribution in [0.5, 0.6) is 0 Å². The maximum absolute atomic E-state index is 5.47. The minimum atomic E-state index is 0.325. The van der Waals surface area contributed by atoms with E-state index in [0.717, 1.165) is 43.3 Å². The van der Waals surface area contributed by atoms with Crippen LogP contribution in [0.25, 0.3) is 0 Å². The summed E-state index contributed by atoms with van der Waals surface area (Å²) in [6, 6.07) is 1.97. The highest BCUT2D eigenvalue weighted by molar-refractivity contribution is 5.27. The molecule has 0 aromatic carbocycles. The maximum atomic E-state index is 5.47. The van der Waals surface area contributed by atoms with Crippen molar-refractivity contribution in [2.45, 2.75) is 46.6 Å². The number of unbranched alkanes of at least 4 members (excludes halogenated alkanes) is 1. The fourth-order valence-electron chi connectivity index (χ4n) is 1.55. The summed E-state index contributed by atoms with van der Waals surface area (Å²) in [6.07, 6.45) is 2.46. The van der Waals surface area contributed by atoms with Crippen molar-refractivity contribution in [2.24, 2.45) is 0 Å². The number of ether oxygens (including phenoxy) is 1. The third-order valence-corrected chi connectivity index (χ3v) is 2.29. The predicted molar refractivity (Wildman–Crippen MR) is 70.3 cm³/mol. The van der Waals surface area contributed by atoms with Crippen LogP contribution in [0.3, 0.4) is 0 Å². The SMILES string of the molecule is Cc1cc(C)nc(NCCCCOC(C)C)n1. The molecule has 0 spiro atoms. The average molecular weight is 237 g/mol. The molecule has 0 bridgehead atoms. The van der Waals surface area contributed by atoms with Crippen LogP contribution in [-0.4, -0.2) is 29.2 Å². The summed E-state index contributed by atoms with van der Waals surface area (Å²) in [6.45, 7) is 9.80. The molecule has 1 N–H and O–H groups in total. The second kappa shape index (κ2) is 7.22. The first-order valence-corrected chi connectivity index (χ1v) is 6.25. The molecule has 0 unspecified atom stereocenters. The second-order valence-corrected chi connectivity index (χ2v) is 4.53. The Morgan fingerprint density at radius 3 is 2.41 bits per heavy atom. The topological polar surface area (TPSA) is 47.0 Å². The Bertz CT molecular complexity index is 319. The number of rotatable bonds is 7. The van der Waals surface area contributed by atoms with Gasteiger partial charge in [0.1, 0.15) is 0 Å². The van der Waals surface area contributed by atoms with E-state index in [-0.39, 0.29) is 0 Å². The fourth-order valence-corrected chi connectivity index (χ4v) is 1.55. The molecule has 0 aliphatic rings. The van der Waals surface area contributed by atoms with E-state index in [1.165, 1.54) is 0 Å². The van der Waals surface area contributed by atoms with E-state index in [2.05, 4.69) is 29.1 Å². The van der Waals surface area contributed by atoms with E-state index in [0.29, 0.717) is 6.10 Å². The fraction of sp³-hybridized carbons (Fsp3) is 0.692. The lowest BCUT2D eigenvalue weighted by atomic mass is 10.3. The minimum Gasteiger partial charge on any atom is -0.379 e. The van der Waals surface area contributed by atoms with Gasteiger partial charge in [0.05, 0.1) is 6.10 Å². The van der Waals surface area contributed by atoms with Crippen LogP contribution < -0.4 is 5.32 Å². The molecule has 1 aromatic heterocycles. The Morgan fingerprint density at radius 2 is 1.82 bits per heavy atom. The molecule has 0 saturated carbocycles. The summed E-state index contributed by atoms with van der Waals surface area (Å²) in [7, 11) is 0. The third-order valence-electron chi connectivity index (χ3n) is 2.29. The molecule has 0 radical (unpaired) electrons. The van der Waals surface area contributed by atoms with Crippen molar-refractivity contribution in [3.63, 3.8) is 0 Å². The lowest BCUT2D eigenvalue weighted by Gasteiger charge is -2.08. The highest BCUT2D eigenvalue weighted by atomic mass is 16.5. The largest absolute Gasteiger partial charge is 0.379 e. The van der Waals surface area contributed by atoms with Gasteiger partial charge in [-0.15, -0.1) is 0 Å². The Hall–Kier alpha value is -1.16. The van der Waals surface area contributed by atoms with E-state index in [4.69, 9.17) is 4.74 Å². The number of nitrogens with one attached hydrogen (secondary N) is 1. The highest BCUT2D eigenvalue weighted by Crippen LogP contribution is 2.04. The molecule has 0 aliphatic carbocycles. The summed E-state index contributed by atoms with van der Waals surface area (Å²) in [5.74, 6) is 0.729. The molecular formula is C13H23N3O. The average Bonchev–Trinajstić information content (AvgIpc) is 2.21. The van der Waals surface area contributed by atoms with Crippen molar-refractivity contribution in [2.75, 3.05) is 18.5 Å². The van der Waals surface area contributed by atoms with Gasteiger partial charge in [-0.25, -0.2) is 9.97 Å². The summed E-state index contributed by atoms with van der Waals surface area (Å²) < 4.78 is 5.47. The van der Waals surface area contributed by atoms with Gasteiger partial charge < -0.3 is 10.1 Å². The number of anilines is 1. The zero-order valence-electron chi connectivity index (χ0n) is 11.3. The summed E-state index contributed by atoms with van der Waals surface area (Å²) in [5, 5.41) is 3.24. The molecule has 0 amide bonds. The van der Waals surface area contributed by atoms with Gasteiger partial charge in [0.15, 0.2) is 0 Å². The molecular weight excluding hydrogens is 214 g/mol. The molecule has 4 heteroatoms. The van der Waals surface area contributed by atoms with Crippen molar-refractivity contribution in [3.05, 3.63) is 17.5 Å². The van der Waals surface area contributed by atoms with Crippen LogP contribution in [0.15, 0.2) is 6.07 Å². The predicted octanol–water partition coefficient (Wildman–Crippen LogP) is 2.71. The van der Waals surface area contributed by atoms with Gasteiger partial charge in [-0.3, -0.25) is 0 Å². The van der Waals surface area contributed by atoms with E-state index >= 15 is 0 Å². The van der Waals surface area contributed by atoms with Gasteiger partial charge in [0.25, 0.3) is 0 Å². The van der Waals surface area contributed by atoms with Crippen molar-refractivity contribution in [1.29, 1.82) is 0 Å². The summed E-state index contributed by atoms with van der Waals surface area (Å²) in [4.78, 5) is 8.65. The molecule has 0 atom stereocenters. The standard InChI is InChI=1S/C13H23N3O/c1-10(2)17-8-6-5-7-14-13-15-11(3)9-12(4)16-13/h9-10H,5-8H2,1-4H3,(H,14,15,16). The minimum absolute atomic E-state index is 0.325. The summed E-state index contributed by atoms with van der Waals surface area (Å²) in [5.41, 5.74) is 2.01. The van der Waals surface area contributed by atoms with Gasteiger partial charge in [-0.05, 0) is 46.6 Å². The van der Waals surface area contributed by atoms with Gasteiger partial charge in [0, 0.05) is 24.5 Å². The second-order valence-electron chi connectivity index (χ2n) is 4.53. The van der Waals surface area contributed by atoms with Crippen LogP contribution in [-0.2, 0) is 4.74 Å². The summed E-state index contributed by atoms with van der Waals surface area (Å²) >= 11 is 0. The van der Waals surface area contributed by atoms with Crippen molar-refractivity contribution >= 4 is 5.95 Å². The van der Waals surface area contributed by atoms with E-state index in [1.54, 1.807) is 0 Å². The van der Waals surface area contributed by atoms with Crippen LogP contribution >= 0.6 is 0 Å². The normalized spacial score (nSPS) is 10.9. The number of hydrogen-bond acceptors (Lipinski definition) is 4. The zero-order valence-corrected chi connectivity index (χ0v) is 11.3. The van der Waals surface area contributed by atoms with Crippen LogP contribution in [0.4, 0.5) is 5.95 Å². The van der Waals surface area contributed by atoms with Gasteiger partial charge >= 0.3 is 0 Å². The zero-order chi connectivity index (χ0) is 12.7. The van der Waals surface area contributed by atoms with Gasteiger partial charge in [-0.2, -0.15) is 0 Å². The molecule has 4 nitrogen and oxygen atoms in total. The van der Waals surface area contributed by atoms with E-state index in [9.17, 15) is 0 Å². The van der Waals surface area contributed by atoms with Crippen molar-refractivity contribution in [3.8, 4) is 0 Å². The first-order valence-electron chi connectivity index (χ1n) is 6.25. The van der Waals surface area contributed by atoms with Gasteiger partial charge in [0.2, 0.25) is 5.95 Å². The molecule has 1 heterocycles. The van der Waals surface area contributed by atoms with Crippen LogP contribution in [0, 0.1) is 13.8 Å². The van der Waals surface area contributed by atoms with Crippen LogP contribution in [0.2, 0.25) is 0 Å². The van der Waals surface area contributed by atoms with E-state index in [1.807, 2.05) is 19.9 Å². The number of aromatic nitrogens is 2. The molecule has 0 saturated heterocycles. The Labute approximate surface area is 104 Å². The van der Waals surface area contributed by atoms with E-state index < -0.39 is 0 Å². The number of aryl methyl sites for hydroxylation is 2. The first kappa shape index (κ1) is 13.9. The maximum Gasteiger partial charge on any atom is 0.223 e. The smallest absolute Gasteiger partial charge is 0.223 e. The molecule has 96 valence electrons. The Morgan fingerprint density at radius 1 is 1.18 bits per heavy atom.